The number of sulfonamides is 1. The van der Waals surface area contributed by atoms with Crippen molar-refractivity contribution in [3.05, 3.63) is 52.8 Å². The van der Waals surface area contributed by atoms with Gasteiger partial charge < -0.3 is 5.11 Å². The molecule has 0 aliphatic carbocycles. The molecule has 0 fully saturated rings. The first kappa shape index (κ1) is 22.6. The molecule has 162 valence electrons. The number of fused-ring (bicyclic) bond motifs is 2. The predicted octanol–water partition coefficient (Wildman–Crippen LogP) is 3.74. The van der Waals surface area contributed by atoms with E-state index in [9.17, 15) is 13.5 Å². The van der Waals surface area contributed by atoms with E-state index in [0.29, 0.717) is 24.2 Å². The van der Waals surface area contributed by atoms with Gasteiger partial charge in [0.1, 0.15) is 0 Å². The van der Waals surface area contributed by atoms with Gasteiger partial charge in [-0.05, 0) is 30.7 Å². The third kappa shape index (κ3) is 5.15. The molecule has 1 aromatic carbocycles. The van der Waals surface area contributed by atoms with Gasteiger partial charge in [-0.2, -0.15) is 0 Å². The fraction of sp³-hybridized carbons (Fsp3) is 0.429. The summed E-state index contributed by atoms with van der Waals surface area (Å²) < 4.78 is 26.5. The first-order valence-corrected chi connectivity index (χ1v) is 12.8. The molecule has 7 nitrogen and oxygen atoms in total. The van der Waals surface area contributed by atoms with E-state index >= 15 is 0 Å². The van der Waals surface area contributed by atoms with Crippen molar-refractivity contribution >= 4 is 37.3 Å². The predicted molar refractivity (Wildman–Crippen MR) is 122 cm³/mol. The number of aromatic nitrogens is 2. The summed E-state index contributed by atoms with van der Waals surface area (Å²) in [6, 6.07) is 8.11. The molecule has 4 rings (SSSR count). The van der Waals surface area contributed by atoms with Gasteiger partial charge in [0.05, 0.1) is 40.0 Å². The van der Waals surface area contributed by atoms with Crippen molar-refractivity contribution in [3.63, 3.8) is 0 Å². The second-order valence-electron chi connectivity index (χ2n) is 7.15. The standard InChI is InChI=1S/C19H22N4O3S2.C2H6/c1-12(13-3-4-19-17(7-13)21-11-27-19)23-6-5-16-15(18(24)10-23)8-14(9-20-16)22-28(2,25)26;1-2/h3-4,7-9,11-12,18,22,24H,5-6,10H2,1-2H3;1-2H3. The van der Waals surface area contributed by atoms with Gasteiger partial charge in [-0.25, -0.2) is 13.4 Å². The van der Waals surface area contributed by atoms with Crippen molar-refractivity contribution in [3.8, 4) is 0 Å². The topological polar surface area (TPSA) is 95.4 Å². The number of aliphatic hydroxyl groups excluding tert-OH is 1. The van der Waals surface area contributed by atoms with Crippen molar-refractivity contribution in [1.29, 1.82) is 0 Å². The number of nitrogens with zero attached hydrogens (tertiary/aromatic N) is 3. The first-order chi connectivity index (χ1) is 14.3. The lowest BCUT2D eigenvalue weighted by molar-refractivity contribution is 0.0985. The van der Waals surface area contributed by atoms with Crippen LogP contribution in [-0.4, -0.2) is 47.7 Å². The highest BCUT2D eigenvalue weighted by atomic mass is 32.2. The number of rotatable bonds is 4. The zero-order chi connectivity index (χ0) is 21.9. The molecule has 0 amide bonds. The fourth-order valence-electron chi connectivity index (χ4n) is 3.64. The number of β-amino-alcohol motifs (C(OH)–C–C–N with tert-alkyl or cyclic N) is 1. The summed E-state index contributed by atoms with van der Waals surface area (Å²) in [4.78, 5) is 11.0. The highest BCUT2D eigenvalue weighted by Crippen LogP contribution is 2.31. The summed E-state index contributed by atoms with van der Waals surface area (Å²) in [5, 5.41) is 10.8. The molecule has 3 aromatic rings. The molecular formula is C21H28N4O3S2. The van der Waals surface area contributed by atoms with Gasteiger partial charge in [0, 0.05) is 36.8 Å². The van der Waals surface area contributed by atoms with Crippen molar-refractivity contribution in [2.45, 2.75) is 39.3 Å². The number of aliphatic hydroxyl groups is 1. The molecule has 0 saturated heterocycles. The highest BCUT2D eigenvalue weighted by molar-refractivity contribution is 7.92. The SMILES string of the molecule is CC.CC(c1ccc2scnc2c1)N1CCc2ncc(NS(C)(=O)=O)cc2C(O)C1. The summed E-state index contributed by atoms with van der Waals surface area (Å²) in [5.41, 5.74) is 5.85. The lowest BCUT2D eigenvalue weighted by Gasteiger charge is -2.29. The quantitative estimate of drug-likeness (QED) is 0.631. The molecular weight excluding hydrogens is 420 g/mol. The zero-order valence-corrected chi connectivity index (χ0v) is 19.3. The number of pyridine rings is 1. The van der Waals surface area contributed by atoms with E-state index < -0.39 is 16.1 Å². The van der Waals surface area contributed by atoms with Crippen molar-refractivity contribution in [2.24, 2.45) is 0 Å². The van der Waals surface area contributed by atoms with Crippen LogP contribution in [-0.2, 0) is 16.4 Å². The Morgan fingerprint density at radius 2 is 2.03 bits per heavy atom. The average molecular weight is 449 g/mol. The number of nitrogens with one attached hydrogen (secondary N) is 1. The maximum absolute atomic E-state index is 11.5. The lowest BCUT2D eigenvalue weighted by Crippen LogP contribution is -2.31. The Morgan fingerprint density at radius 1 is 1.27 bits per heavy atom. The molecule has 2 N–H and O–H groups in total. The largest absolute Gasteiger partial charge is 0.387 e. The maximum Gasteiger partial charge on any atom is 0.229 e. The Labute approximate surface area is 181 Å². The first-order valence-electron chi connectivity index (χ1n) is 10.0. The third-order valence-corrected chi connectivity index (χ3v) is 6.51. The van der Waals surface area contributed by atoms with E-state index in [1.807, 2.05) is 19.4 Å². The Hall–Kier alpha value is -2.07. The molecule has 0 spiro atoms. The van der Waals surface area contributed by atoms with Gasteiger partial charge in [-0.1, -0.05) is 19.9 Å². The summed E-state index contributed by atoms with van der Waals surface area (Å²) in [6.45, 7) is 7.33. The molecule has 0 radical (unpaired) electrons. The van der Waals surface area contributed by atoms with Crippen LogP contribution in [0.4, 0.5) is 5.69 Å². The van der Waals surface area contributed by atoms with Crippen LogP contribution < -0.4 is 4.72 Å². The molecule has 30 heavy (non-hydrogen) atoms. The Kier molecular flexibility index (Phi) is 7.07. The molecule has 2 aromatic heterocycles. The van der Waals surface area contributed by atoms with Crippen LogP contribution in [0.3, 0.4) is 0 Å². The molecule has 2 unspecified atom stereocenters. The van der Waals surface area contributed by atoms with E-state index in [1.165, 1.54) is 6.20 Å². The molecule has 0 saturated carbocycles. The number of thiazole rings is 1. The minimum absolute atomic E-state index is 0.115. The zero-order valence-electron chi connectivity index (χ0n) is 17.7. The number of benzene rings is 1. The smallest absolute Gasteiger partial charge is 0.229 e. The number of hydrogen-bond acceptors (Lipinski definition) is 7. The van der Waals surface area contributed by atoms with E-state index in [1.54, 1.807) is 17.4 Å². The van der Waals surface area contributed by atoms with E-state index in [4.69, 9.17) is 0 Å². The Balaban J connectivity index is 0.00000124. The van der Waals surface area contributed by atoms with Gasteiger partial charge >= 0.3 is 0 Å². The van der Waals surface area contributed by atoms with Gasteiger partial charge in [0.25, 0.3) is 0 Å². The van der Waals surface area contributed by atoms with E-state index in [0.717, 1.165) is 34.3 Å². The summed E-state index contributed by atoms with van der Waals surface area (Å²) >= 11 is 1.62. The molecule has 1 aliphatic rings. The van der Waals surface area contributed by atoms with Gasteiger partial charge in [-0.3, -0.25) is 14.6 Å². The minimum Gasteiger partial charge on any atom is -0.387 e. The second kappa shape index (κ2) is 9.38. The molecule has 9 heteroatoms. The lowest BCUT2D eigenvalue weighted by atomic mass is 10.1. The van der Waals surface area contributed by atoms with Crippen LogP contribution in [0, 0.1) is 0 Å². The molecule has 3 heterocycles. The Bertz CT molecular complexity index is 1110. The third-order valence-electron chi connectivity index (χ3n) is 5.09. The van der Waals surface area contributed by atoms with Crippen LogP contribution in [0.15, 0.2) is 36.0 Å². The summed E-state index contributed by atoms with van der Waals surface area (Å²) in [7, 11) is -3.39. The van der Waals surface area contributed by atoms with Crippen molar-refractivity contribution in [2.75, 3.05) is 24.1 Å². The van der Waals surface area contributed by atoms with Gasteiger partial charge in [-0.15, -0.1) is 11.3 Å². The van der Waals surface area contributed by atoms with Crippen molar-refractivity contribution < 1.29 is 13.5 Å². The van der Waals surface area contributed by atoms with Crippen LogP contribution in [0.1, 0.15) is 49.7 Å². The molecule has 1 aliphatic heterocycles. The summed E-state index contributed by atoms with van der Waals surface area (Å²) in [6.07, 6.45) is 2.55. The normalized spacial score (nSPS) is 18.1. The number of anilines is 1. The fourth-order valence-corrected chi connectivity index (χ4v) is 4.83. The Morgan fingerprint density at radius 3 is 2.77 bits per heavy atom. The highest BCUT2D eigenvalue weighted by Gasteiger charge is 2.26. The van der Waals surface area contributed by atoms with Crippen LogP contribution >= 0.6 is 11.3 Å². The van der Waals surface area contributed by atoms with Crippen LogP contribution in [0.25, 0.3) is 10.2 Å². The van der Waals surface area contributed by atoms with Crippen LogP contribution in [0.2, 0.25) is 0 Å². The summed E-state index contributed by atoms with van der Waals surface area (Å²) in [5.74, 6) is 0. The second-order valence-corrected chi connectivity index (χ2v) is 9.79. The molecule has 2 atom stereocenters. The van der Waals surface area contributed by atoms with Gasteiger partial charge in [0.15, 0.2) is 0 Å². The minimum atomic E-state index is -3.39. The van der Waals surface area contributed by atoms with Gasteiger partial charge in [0.2, 0.25) is 10.0 Å². The average Bonchev–Trinajstić information content (AvgIpc) is 3.12. The van der Waals surface area contributed by atoms with E-state index in [-0.39, 0.29) is 6.04 Å². The molecule has 0 bridgehead atoms. The maximum atomic E-state index is 11.5. The van der Waals surface area contributed by atoms with E-state index in [2.05, 4.69) is 44.7 Å². The van der Waals surface area contributed by atoms with Crippen LogP contribution in [0.5, 0.6) is 0 Å². The number of hydrogen-bond donors (Lipinski definition) is 2. The monoisotopic (exact) mass is 448 g/mol. The van der Waals surface area contributed by atoms with Crippen molar-refractivity contribution in [1.82, 2.24) is 14.9 Å².